The molecule has 0 aliphatic heterocycles. The van der Waals surface area contributed by atoms with Crippen molar-refractivity contribution in [2.24, 2.45) is 5.92 Å². The maximum absolute atomic E-state index is 12.7. The summed E-state index contributed by atoms with van der Waals surface area (Å²) in [5.74, 6) is 3.08. The predicted molar refractivity (Wildman–Crippen MR) is 85.2 cm³/mol. The highest BCUT2D eigenvalue weighted by molar-refractivity contribution is 5.94. The van der Waals surface area contributed by atoms with E-state index in [2.05, 4.69) is 11.9 Å². The minimum atomic E-state index is -0.200. The van der Waals surface area contributed by atoms with Crippen molar-refractivity contribution in [2.75, 3.05) is 0 Å². The van der Waals surface area contributed by atoms with Gasteiger partial charge in [-0.15, -0.1) is 0 Å². The number of H-pyrrole nitrogens is 1. The number of aromatic nitrogens is 1. The Morgan fingerprint density at radius 1 is 1.30 bits per heavy atom. The first kappa shape index (κ1) is 14.3. The molecule has 0 radical (unpaired) electrons. The molecule has 0 spiro atoms. The topological polar surface area (TPSA) is 66.3 Å². The van der Waals surface area contributed by atoms with Gasteiger partial charge in [0.05, 0.1) is 12.1 Å². The molecule has 120 valence electrons. The molecule has 0 unspecified atom stereocenters. The van der Waals surface area contributed by atoms with Crippen molar-refractivity contribution in [1.82, 2.24) is 9.88 Å². The van der Waals surface area contributed by atoms with Crippen molar-refractivity contribution in [1.29, 1.82) is 0 Å². The van der Waals surface area contributed by atoms with Crippen LogP contribution in [0.1, 0.15) is 54.0 Å². The average molecular weight is 312 g/mol. The molecule has 23 heavy (non-hydrogen) atoms. The Labute approximate surface area is 134 Å². The quantitative estimate of drug-likeness (QED) is 0.923. The summed E-state index contributed by atoms with van der Waals surface area (Å²) >= 11 is 0. The summed E-state index contributed by atoms with van der Waals surface area (Å²) in [5.41, 5.74) is 0.313. The van der Waals surface area contributed by atoms with Crippen LogP contribution in [0.2, 0.25) is 0 Å². The van der Waals surface area contributed by atoms with E-state index in [0.29, 0.717) is 23.9 Å². The van der Waals surface area contributed by atoms with Gasteiger partial charge in [-0.3, -0.25) is 9.59 Å². The minimum Gasteiger partial charge on any atom is -0.464 e. The van der Waals surface area contributed by atoms with Crippen LogP contribution in [-0.4, -0.2) is 21.8 Å². The first-order valence-electron chi connectivity index (χ1n) is 8.20. The Kier molecular flexibility index (Phi) is 3.36. The molecule has 2 aliphatic carbocycles. The Bertz CT molecular complexity index is 767. The highest BCUT2D eigenvalue weighted by Crippen LogP contribution is 2.47. The zero-order valence-electron chi connectivity index (χ0n) is 13.1. The van der Waals surface area contributed by atoms with Crippen LogP contribution in [-0.2, 0) is 6.54 Å². The van der Waals surface area contributed by atoms with Gasteiger partial charge in [0.15, 0.2) is 0 Å². The van der Waals surface area contributed by atoms with Crippen LogP contribution in [0.25, 0.3) is 0 Å². The molecule has 5 heteroatoms. The normalized spacial score (nSPS) is 22.8. The maximum Gasteiger partial charge on any atom is 0.255 e. The van der Waals surface area contributed by atoms with Gasteiger partial charge in [0.1, 0.15) is 11.5 Å². The van der Waals surface area contributed by atoms with Crippen molar-refractivity contribution in [2.45, 2.75) is 44.7 Å². The second-order valence-electron chi connectivity index (χ2n) is 6.73. The molecule has 2 saturated carbocycles. The Morgan fingerprint density at radius 2 is 2.09 bits per heavy atom. The summed E-state index contributed by atoms with van der Waals surface area (Å²) in [6, 6.07) is 7.27. The second kappa shape index (κ2) is 5.41. The number of furan rings is 1. The predicted octanol–water partition coefficient (Wildman–Crippen LogP) is 2.90. The number of hydrogen-bond acceptors (Lipinski definition) is 3. The molecule has 0 bridgehead atoms. The van der Waals surface area contributed by atoms with Crippen LogP contribution in [0, 0.1) is 5.92 Å². The van der Waals surface area contributed by atoms with E-state index in [1.54, 1.807) is 6.07 Å². The second-order valence-corrected chi connectivity index (χ2v) is 6.73. The molecule has 2 heterocycles. The van der Waals surface area contributed by atoms with Crippen LogP contribution >= 0.6 is 0 Å². The van der Waals surface area contributed by atoms with Crippen LogP contribution < -0.4 is 5.56 Å². The van der Waals surface area contributed by atoms with E-state index in [-0.39, 0.29) is 17.5 Å². The monoisotopic (exact) mass is 312 g/mol. The zero-order chi connectivity index (χ0) is 16.0. The lowest BCUT2D eigenvalue weighted by atomic mass is 10.2. The number of nitrogens with one attached hydrogen (secondary N) is 1. The molecule has 2 fully saturated rings. The van der Waals surface area contributed by atoms with E-state index in [9.17, 15) is 9.59 Å². The van der Waals surface area contributed by atoms with Crippen LogP contribution in [0.15, 0.2) is 39.7 Å². The van der Waals surface area contributed by atoms with E-state index >= 15 is 0 Å². The van der Waals surface area contributed by atoms with Gasteiger partial charge in [-0.1, -0.05) is 6.92 Å². The SMILES string of the molecule is C[C@H]1C[C@H]1c1ccc(CN(C(=O)c2ccc(=O)[nH]c2)C2CC2)o1. The molecule has 1 N–H and O–H groups in total. The average Bonchev–Trinajstić information content (AvgIpc) is 3.46. The Morgan fingerprint density at radius 3 is 2.70 bits per heavy atom. The summed E-state index contributed by atoms with van der Waals surface area (Å²) in [6.45, 7) is 2.72. The van der Waals surface area contributed by atoms with Crippen molar-refractivity contribution in [3.8, 4) is 0 Å². The number of carbonyl (C=O) groups is 1. The first-order chi connectivity index (χ1) is 11.1. The number of carbonyl (C=O) groups excluding carboxylic acids is 1. The fraction of sp³-hybridized carbons (Fsp3) is 0.444. The van der Waals surface area contributed by atoms with Crippen molar-refractivity contribution < 1.29 is 9.21 Å². The zero-order valence-corrected chi connectivity index (χ0v) is 13.1. The molecule has 0 aromatic carbocycles. The van der Waals surface area contributed by atoms with Crippen LogP contribution in [0.4, 0.5) is 0 Å². The molecule has 2 aliphatic rings. The number of rotatable bonds is 5. The molecule has 2 aromatic rings. The van der Waals surface area contributed by atoms with Crippen molar-refractivity contribution >= 4 is 5.91 Å². The number of amides is 1. The molecule has 2 aromatic heterocycles. The first-order valence-corrected chi connectivity index (χ1v) is 8.20. The number of nitrogens with zero attached hydrogens (tertiary/aromatic N) is 1. The Hall–Kier alpha value is -2.30. The van der Waals surface area contributed by atoms with Crippen molar-refractivity contribution in [3.05, 3.63) is 57.9 Å². The number of aromatic amines is 1. The van der Waals surface area contributed by atoms with E-state index in [4.69, 9.17) is 4.42 Å². The molecule has 5 nitrogen and oxygen atoms in total. The molecule has 2 atom stereocenters. The lowest BCUT2D eigenvalue weighted by molar-refractivity contribution is 0.0716. The van der Waals surface area contributed by atoms with Gasteiger partial charge in [-0.05, 0) is 43.4 Å². The maximum atomic E-state index is 12.7. The van der Waals surface area contributed by atoms with Gasteiger partial charge in [-0.2, -0.15) is 0 Å². The minimum absolute atomic E-state index is 0.0542. The number of pyridine rings is 1. The lowest BCUT2D eigenvalue weighted by Gasteiger charge is -2.21. The summed E-state index contributed by atoms with van der Waals surface area (Å²) in [7, 11) is 0. The highest BCUT2D eigenvalue weighted by Gasteiger charge is 2.37. The fourth-order valence-corrected chi connectivity index (χ4v) is 3.03. The van der Waals surface area contributed by atoms with E-state index in [1.807, 2.05) is 17.0 Å². The van der Waals surface area contributed by atoms with Crippen molar-refractivity contribution in [3.63, 3.8) is 0 Å². The van der Waals surface area contributed by atoms with Crippen LogP contribution in [0.3, 0.4) is 0 Å². The third-order valence-corrected chi connectivity index (χ3v) is 4.76. The summed E-state index contributed by atoms with van der Waals surface area (Å²) < 4.78 is 5.94. The van der Waals surface area contributed by atoms with E-state index in [1.165, 1.54) is 18.7 Å². The van der Waals surface area contributed by atoms with Gasteiger partial charge in [0.25, 0.3) is 5.91 Å². The highest BCUT2D eigenvalue weighted by atomic mass is 16.3. The van der Waals surface area contributed by atoms with E-state index in [0.717, 1.165) is 24.4 Å². The summed E-state index contributed by atoms with van der Waals surface area (Å²) in [6.07, 6.45) is 4.74. The van der Waals surface area contributed by atoms with Gasteiger partial charge in [0.2, 0.25) is 5.56 Å². The molecular weight excluding hydrogens is 292 g/mol. The van der Waals surface area contributed by atoms with Gasteiger partial charge in [-0.25, -0.2) is 0 Å². The molecule has 0 saturated heterocycles. The lowest BCUT2D eigenvalue weighted by Crippen LogP contribution is -2.32. The molecule has 1 amide bonds. The molecular formula is C18H20N2O3. The fourth-order valence-electron chi connectivity index (χ4n) is 3.03. The molecule has 4 rings (SSSR count). The van der Waals surface area contributed by atoms with Gasteiger partial charge in [0, 0.05) is 24.2 Å². The standard InChI is InChI=1S/C18H20N2O3/c1-11-8-15(11)16-6-5-14(23-16)10-20(13-3-4-13)18(22)12-2-7-17(21)19-9-12/h2,5-7,9,11,13,15H,3-4,8,10H2,1H3,(H,19,21)/t11-,15+/m0/s1. The van der Waals surface area contributed by atoms with E-state index < -0.39 is 0 Å². The summed E-state index contributed by atoms with van der Waals surface area (Å²) in [4.78, 5) is 28.3. The van der Waals surface area contributed by atoms with Crippen LogP contribution in [0.5, 0.6) is 0 Å². The largest absolute Gasteiger partial charge is 0.464 e. The van der Waals surface area contributed by atoms with Gasteiger partial charge < -0.3 is 14.3 Å². The smallest absolute Gasteiger partial charge is 0.255 e. The summed E-state index contributed by atoms with van der Waals surface area (Å²) in [5, 5.41) is 0. The van der Waals surface area contributed by atoms with Gasteiger partial charge >= 0.3 is 0 Å². The number of hydrogen-bond donors (Lipinski definition) is 1. The third kappa shape index (κ3) is 2.96. The Balaban J connectivity index is 1.51. The third-order valence-electron chi connectivity index (χ3n) is 4.76.